The second kappa shape index (κ2) is 10.8. The van der Waals surface area contributed by atoms with E-state index in [-0.39, 0.29) is 30.9 Å². The van der Waals surface area contributed by atoms with E-state index >= 15 is 0 Å². The fourth-order valence-corrected chi connectivity index (χ4v) is 4.23. The second-order valence-corrected chi connectivity index (χ2v) is 8.84. The average molecular weight is 596 g/mol. The predicted octanol–water partition coefficient (Wildman–Crippen LogP) is 8.06. The molecular formula is C24H20F12N2O2. The maximum absolute atomic E-state index is 13.9. The number of hydrogen-bond acceptors (Lipinski definition) is 4. The molecule has 1 aliphatic heterocycles. The van der Waals surface area contributed by atoms with Gasteiger partial charge in [0.25, 0.3) is 0 Å². The molecule has 1 heterocycles. The summed E-state index contributed by atoms with van der Waals surface area (Å²) in [6.45, 7) is 2.39. The fourth-order valence-electron chi connectivity index (χ4n) is 4.23. The minimum atomic E-state index is -5.37. The van der Waals surface area contributed by atoms with Crippen LogP contribution in [0.5, 0.6) is 0 Å². The van der Waals surface area contributed by atoms with Crippen LogP contribution in [0.4, 0.5) is 58.4 Å². The molecule has 0 aromatic heterocycles. The lowest BCUT2D eigenvalue weighted by Gasteiger charge is -2.32. The molecular weight excluding hydrogens is 576 g/mol. The molecule has 3 rings (SSSR count). The van der Waals surface area contributed by atoms with Gasteiger partial charge in [0.05, 0.1) is 40.0 Å². The summed E-state index contributed by atoms with van der Waals surface area (Å²) in [5, 5.41) is 15.0. The van der Waals surface area contributed by atoms with Gasteiger partial charge in [-0.3, -0.25) is 0 Å². The summed E-state index contributed by atoms with van der Waals surface area (Å²) in [7, 11) is 0. The van der Waals surface area contributed by atoms with Crippen molar-refractivity contribution in [3.05, 3.63) is 64.2 Å². The highest BCUT2D eigenvalue weighted by Gasteiger charge is 2.48. The van der Waals surface area contributed by atoms with Crippen LogP contribution in [0.3, 0.4) is 0 Å². The van der Waals surface area contributed by atoms with Crippen molar-refractivity contribution in [3.8, 4) is 0 Å². The van der Waals surface area contributed by atoms with Crippen LogP contribution >= 0.6 is 0 Å². The number of nitrogens with zero attached hydrogens (tertiary/aromatic N) is 2. The normalized spacial score (nSPS) is 19.7. The average Bonchev–Trinajstić information content (AvgIpc) is 3.10. The zero-order valence-corrected chi connectivity index (χ0v) is 20.4. The van der Waals surface area contributed by atoms with Gasteiger partial charge in [0.1, 0.15) is 0 Å². The molecule has 4 nitrogen and oxygen atoms in total. The van der Waals surface area contributed by atoms with Crippen LogP contribution in [0.2, 0.25) is 0 Å². The van der Waals surface area contributed by atoms with E-state index in [1.807, 2.05) is 0 Å². The first kappa shape index (κ1) is 31.5. The molecule has 2 aromatic carbocycles. The molecule has 0 saturated carbocycles. The number of hydrazone groups is 1. The van der Waals surface area contributed by atoms with Gasteiger partial charge in [-0.2, -0.15) is 57.8 Å². The SMILES string of the molecule is CCCOC(c1ccc(C(F)(F)F)cc1C(F)(F)F)C1C(C)=NN(c2ccc(C(F)(F)F)cc2C(F)(F)F)C1O. The van der Waals surface area contributed by atoms with Crippen LogP contribution < -0.4 is 5.01 Å². The van der Waals surface area contributed by atoms with E-state index < -0.39 is 76.5 Å². The van der Waals surface area contributed by atoms with Crippen molar-refractivity contribution in [2.45, 2.75) is 57.3 Å². The van der Waals surface area contributed by atoms with Crippen molar-refractivity contribution in [2.24, 2.45) is 11.0 Å². The molecule has 40 heavy (non-hydrogen) atoms. The largest absolute Gasteiger partial charge is 0.418 e. The van der Waals surface area contributed by atoms with E-state index in [9.17, 15) is 57.8 Å². The first-order chi connectivity index (χ1) is 18.2. The third kappa shape index (κ3) is 6.48. The van der Waals surface area contributed by atoms with Crippen LogP contribution in [-0.2, 0) is 29.4 Å². The van der Waals surface area contributed by atoms with Gasteiger partial charge in [-0.1, -0.05) is 13.0 Å². The van der Waals surface area contributed by atoms with E-state index in [4.69, 9.17) is 4.74 Å². The molecule has 0 radical (unpaired) electrons. The quantitative estimate of drug-likeness (QED) is 0.343. The van der Waals surface area contributed by atoms with Crippen molar-refractivity contribution in [1.82, 2.24) is 0 Å². The molecule has 0 saturated heterocycles. The number of anilines is 1. The molecule has 0 bridgehead atoms. The van der Waals surface area contributed by atoms with Crippen LogP contribution in [0.15, 0.2) is 41.5 Å². The zero-order chi connectivity index (χ0) is 30.4. The van der Waals surface area contributed by atoms with Crippen LogP contribution in [0.1, 0.15) is 54.2 Å². The van der Waals surface area contributed by atoms with E-state index in [0.717, 1.165) is 6.92 Å². The number of benzene rings is 2. The Morgan fingerprint density at radius 2 is 1.30 bits per heavy atom. The van der Waals surface area contributed by atoms with E-state index in [1.165, 1.54) is 0 Å². The fraction of sp³-hybridized carbons (Fsp3) is 0.458. The predicted molar refractivity (Wildman–Crippen MR) is 117 cm³/mol. The van der Waals surface area contributed by atoms with Gasteiger partial charge in [0, 0.05) is 12.3 Å². The number of halogens is 12. The summed E-state index contributed by atoms with van der Waals surface area (Å²) in [4.78, 5) is 0. The molecule has 16 heteroatoms. The Labute approximate surface area is 218 Å². The first-order valence-electron chi connectivity index (χ1n) is 11.4. The Balaban J connectivity index is 2.15. The van der Waals surface area contributed by atoms with Crippen molar-refractivity contribution < 1.29 is 62.5 Å². The number of ether oxygens (including phenoxy) is 1. The van der Waals surface area contributed by atoms with Gasteiger partial charge in [-0.15, -0.1) is 0 Å². The third-order valence-electron chi connectivity index (χ3n) is 6.02. The number of aliphatic hydroxyl groups excluding tert-OH is 1. The molecule has 3 unspecified atom stereocenters. The van der Waals surface area contributed by atoms with E-state index in [1.54, 1.807) is 6.92 Å². The molecule has 2 aromatic rings. The third-order valence-corrected chi connectivity index (χ3v) is 6.02. The smallest absolute Gasteiger partial charge is 0.373 e. The van der Waals surface area contributed by atoms with Gasteiger partial charge in [0.15, 0.2) is 6.23 Å². The summed E-state index contributed by atoms with van der Waals surface area (Å²) in [6, 6.07) is 1.20. The summed E-state index contributed by atoms with van der Waals surface area (Å²) in [5.74, 6) is -1.66. The van der Waals surface area contributed by atoms with Gasteiger partial charge in [-0.25, -0.2) is 5.01 Å². The molecule has 222 valence electrons. The van der Waals surface area contributed by atoms with Crippen LogP contribution in [-0.4, -0.2) is 23.7 Å². The lowest BCUT2D eigenvalue weighted by Crippen LogP contribution is -2.38. The molecule has 3 atom stereocenters. The van der Waals surface area contributed by atoms with Gasteiger partial charge >= 0.3 is 24.7 Å². The van der Waals surface area contributed by atoms with Crippen molar-refractivity contribution in [1.29, 1.82) is 0 Å². The Morgan fingerprint density at radius 3 is 1.77 bits per heavy atom. The number of alkyl halides is 12. The van der Waals surface area contributed by atoms with E-state index in [0.29, 0.717) is 29.3 Å². The minimum absolute atomic E-state index is 0.152. The van der Waals surface area contributed by atoms with Crippen molar-refractivity contribution in [3.63, 3.8) is 0 Å². The minimum Gasteiger partial charge on any atom is -0.373 e. The summed E-state index contributed by atoms with van der Waals surface area (Å²) < 4.78 is 167. The van der Waals surface area contributed by atoms with E-state index in [2.05, 4.69) is 5.10 Å². The van der Waals surface area contributed by atoms with Gasteiger partial charge in [0.2, 0.25) is 0 Å². The highest BCUT2D eigenvalue weighted by Crippen LogP contribution is 2.47. The molecule has 0 amide bonds. The lowest BCUT2D eigenvalue weighted by molar-refractivity contribution is -0.146. The standard InChI is InChI=1S/C24H20F12N2O2/c1-3-8-40-19(14-6-4-12(21(25,26)27)9-15(14)23(31,32)33)18-11(2)37-38(20(18)39)17-7-5-13(22(28,29)30)10-16(17)24(34,35)36/h4-7,9-10,18-20,39H,3,8H2,1-2H3. The Bertz CT molecular complexity index is 1250. The number of aliphatic hydroxyl groups is 1. The van der Waals surface area contributed by atoms with Gasteiger partial charge < -0.3 is 9.84 Å². The molecule has 0 aliphatic carbocycles. The number of hydrogen-bond donors (Lipinski definition) is 1. The highest BCUT2D eigenvalue weighted by molar-refractivity contribution is 5.89. The molecule has 1 aliphatic rings. The molecule has 0 spiro atoms. The Kier molecular flexibility index (Phi) is 8.48. The molecule has 1 N–H and O–H groups in total. The first-order valence-corrected chi connectivity index (χ1v) is 11.4. The van der Waals surface area contributed by atoms with Crippen LogP contribution in [0.25, 0.3) is 0 Å². The maximum atomic E-state index is 13.9. The van der Waals surface area contributed by atoms with Crippen molar-refractivity contribution in [2.75, 3.05) is 11.6 Å². The summed E-state index contributed by atoms with van der Waals surface area (Å²) in [5.41, 5.74) is -9.04. The Hall–Kier alpha value is -3.01. The lowest BCUT2D eigenvalue weighted by atomic mass is 9.87. The monoisotopic (exact) mass is 596 g/mol. The highest BCUT2D eigenvalue weighted by atomic mass is 19.4. The Morgan fingerprint density at radius 1 is 0.800 bits per heavy atom. The maximum Gasteiger partial charge on any atom is 0.418 e. The number of rotatable bonds is 6. The van der Waals surface area contributed by atoms with Gasteiger partial charge in [-0.05, 0) is 49.2 Å². The van der Waals surface area contributed by atoms with Crippen LogP contribution in [0, 0.1) is 5.92 Å². The summed E-state index contributed by atoms with van der Waals surface area (Å²) >= 11 is 0. The topological polar surface area (TPSA) is 45.1 Å². The zero-order valence-electron chi connectivity index (χ0n) is 20.4. The summed E-state index contributed by atoms with van der Waals surface area (Å²) in [6.07, 6.45) is -24.9. The molecule has 0 fully saturated rings. The second-order valence-electron chi connectivity index (χ2n) is 8.84. The van der Waals surface area contributed by atoms with Crippen molar-refractivity contribution >= 4 is 11.4 Å².